The van der Waals surface area contributed by atoms with Gasteiger partial charge >= 0.3 is 0 Å². The minimum atomic E-state index is -0.513. The number of benzene rings is 10. The smallest absolute Gasteiger partial charge is 0.0726 e. The molecule has 67 heavy (non-hydrogen) atoms. The zero-order valence-electron chi connectivity index (χ0n) is 37.5. The maximum atomic E-state index is 2.60. The van der Waals surface area contributed by atoms with E-state index in [1.807, 2.05) is 0 Å². The van der Waals surface area contributed by atoms with Crippen molar-refractivity contribution < 1.29 is 0 Å². The van der Waals surface area contributed by atoms with Crippen molar-refractivity contribution in [2.45, 2.75) is 48.9 Å². The van der Waals surface area contributed by atoms with E-state index in [0.29, 0.717) is 5.92 Å². The standard InChI is InChI=1S/C66H49N/c1-5-19-44(20-6-1)46-35-39-61-56(41-46)55-31-17-21-45-22-18-34-62(64(45)55)66(61)59-33-16-13-29-52(59)54-38-36-51(43-63(54)66)67(49-27-11-4-12-28-49)50-37-40-60-57(42-50)53-30-14-15-32-58(53)65(60,47-23-7-2-8-24-47)48-25-9-3-10-26-48/h2-4,7-18,21-44H,1,5-6,19-20H2. The van der Waals surface area contributed by atoms with Gasteiger partial charge in [-0.15, -0.1) is 0 Å². The zero-order chi connectivity index (χ0) is 44.1. The predicted octanol–water partition coefficient (Wildman–Crippen LogP) is 17.1. The summed E-state index contributed by atoms with van der Waals surface area (Å²) < 4.78 is 0. The van der Waals surface area contributed by atoms with Gasteiger partial charge in [0.2, 0.25) is 0 Å². The monoisotopic (exact) mass is 855 g/mol. The molecule has 0 aliphatic heterocycles. The molecule has 10 aromatic rings. The maximum Gasteiger partial charge on any atom is 0.0726 e. The molecule has 1 fully saturated rings. The first kappa shape index (κ1) is 38.5. The van der Waals surface area contributed by atoms with Crippen molar-refractivity contribution in [1.82, 2.24) is 0 Å². The van der Waals surface area contributed by atoms with Crippen LogP contribution >= 0.6 is 0 Å². The molecule has 14 rings (SSSR count). The predicted molar refractivity (Wildman–Crippen MR) is 278 cm³/mol. The molecule has 0 amide bonds. The summed E-state index contributed by atoms with van der Waals surface area (Å²) in [6.45, 7) is 0. The molecule has 0 heterocycles. The highest BCUT2D eigenvalue weighted by Crippen LogP contribution is 2.63. The van der Waals surface area contributed by atoms with Gasteiger partial charge in [0.15, 0.2) is 0 Å². The van der Waals surface area contributed by atoms with Crippen LogP contribution in [0.3, 0.4) is 0 Å². The highest BCUT2D eigenvalue weighted by atomic mass is 15.1. The van der Waals surface area contributed by atoms with Crippen molar-refractivity contribution in [3.8, 4) is 33.4 Å². The van der Waals surface area contributed by atoms with Crippen LogP contribution in [0.4, 0.5) is 17.1 Å². The molecular weight excluding hydrogens is 807 g/mol. The molecule has 1 spiro atoms. The molecule has 0 saturated heterocycles. The molecule has 0 radical (unpaired) electrons. The van der Waals surface area contributed by atoms with Crippen molar-refractivity contribution >= 4 is 27.8 Å². The van der Waals surface area contributed by atoms with Gasteiger partial charge in [0, 0.05) is 17.1 Å². The molecule has 4 aliphatic rings. The second-order valence-electron chi connectivity index (χ2n) is 19.3. The first-order chi connectivity index (χ1) is 33.2. The quantitative estimate of drug-likeness (QED) is 0.161. The van der Waals surface area contributed by atoms with Crippen molar-refractivity contribution in [1.29, 1.82) is 0 Å². The van der Waals surface area contributed by atoms with Gasteiger partial charge in [-0.25, -0.2) is 0 Å². The summed E-state index contributed by atoms with van der Waals surface area (Å²) in [7, 11) is 0. The van der Waals surface area contributed by atoms with Crippen molar-refractivity contribution in [3.63, 3.8) is 0 Å². The van der Waals surface area contributed by atoms with Gasteiger partial charge in [0.05, 0.1) is 10.8 Å². The SMILES string of the molecule is c1ccc(N(c2ccc3c(c2)-c2ccccc2C3(c2ccccc2)c2ccccc2)c2ccc3c(c2)C2(c4ccccc4-3)c3ccc(C4CCCCC4)cc3-c3cccc4cccc2c34)cc1. The second-order valence-corrected chi connectivity index (χ2v) is 19.3. The number of hydrogen-bond acceptors (Lipinski definition) is 1. The van der Waals surface area contributed by atoms with Crippen molar-refractivity contribution in [3.05, 3.63) is 281 Å². The Bertz CT molecular complexity index is 3520. The average Bonchev–Trinajstić information content (AvgIpc) is 3.86. The molecule has 1 heteroatoms. The summed E-state index contributed by atoms with van der Waals surface area (Å²) in [6, 6.07) is 87.8. The highest BCUT2D eigenvalue weighted by Gasteiger charge is 2.51. The molecule has 1 atom stereocenters. The van der Waals surface area contributed by atoms with E-state index < -0.39 is 10.8 Å². The van der Waals surface area contributed by atoms with Crippen LogP contribution in [0.5, 0.6) is 0 Å². The van der Waals surface area contributed by atoms with Gasteiger partial charge in [-0.3, -0.25) is 0 Å². The maximum absolute atomic E-state index is 2.60. The van der Waals surface area contributed by atoms with Crippen LogP contribution in [0.25, 0.3) is 44.2 Å². The largest absolute Gasteiger partial charge is 0.310 e. The number of hydrogen-bond donors (Lipinski definition) is 0. The Hall–Kier alpha value is -7.74. The zero-order valence-corrected chi connectivity index (χ0v) is 37.5. The van der Waals surface area contributed by atoms with Crippen molar-refractivity contribution in [2.75, 3.05) is 4.90 Å². The lowest BCUT2D eigenvalue weighted by Gasteiger charge is -2.41. The Morgan fingerprint density at radius 2 is 0.821 bits per heavy atom. The fourth-order valence-electron chi connectivity index (χ4n) is 13.4. The van der Waals surface area contributed by atoms with Crippen molar-refractivity contribution in [2.24, 2.45) is 0 Å². The van der Waals surface area contributed by atoms with E-state index in [1.165, 1.54) is 126 Å². The first-order valence-corrected chi connectivity index (χ1v) is 24.4. The highest BCUT2D eigenvalue weighted by molar-refractivity contribution is 6.07. The fourth-order valence-corrected chi connectivity index (χ4v) is 13.4. The normalized spacial score (nSPS) is 17.1. The van der Waals surface area contributed by atoms with Gasteiger partial charge in [-0.05, 0) is 149 Å². The van der Waals surface area contributed by atoms with E-state index in [4.69, 9.17) is 0 Å². The van der Waals surface area contributed by atoms with Gasteiger partial charge in [-0.1, -0.05) is 213 Å². The van der Waals surface area contributed by atoms with Gasteiger partial charge in [-0.2, -0.15) is 0 Å². The summed E-state index contributed by atoms with van der Waals surface area (Å²) >= 11 is 0. The molecule has 0 aromatic heterocycles. The Balaban J connectivity index is 1.02. The third-order valence-corrected chi connectivity index (χ3v) is 16.1. The van der Waals surface area contributed by atoms with Crippen LogP contribution in [-0.2, 0) is 10.8 Å². The van der Waals surface area contributed by atoms with E-state index in [9.17, 15) is 0 Å². The van der Waals surface area contributed by atoms with Gasteiger partial charge in [0.1, 0.15) is 0 Å². The van der Waals surface area contributed by atoms with Crippen LogP contribution in [0.2, 0.25) is 0 Å². The minimum absolute atomic E-state index is 0.460. The Kier molecular flexibility index (Phi) is 8.56. The number of fused-ring (bicyclic) bond motifs is 12. The van der Waals surface area contributed by atoms with Crippen LogP contribution in [0.15, 0.2) is 231 Å². The summed E-state index contributed by atoms with van der Waals surface area (Å²) in [5.74, 6) is 0.616. The Morgan fingerprint density at radius 3 is 1.55 bits per heavy atom. The number of para-hydroxylation sites is 1. The molecule has 1 saturated carbocycles. The third-order valence-electron chi connectivity index (χ3n) is 16.1. The second kappa shape index (κ2) is 14.9. The van der Waals surface area contributed by atoms with Crippen LogP contribution in [-0.4, -0.2) is 0 Å². The first-order valence-electron chi connectivity index (χ1n) is 24.4. The average molecular weight is 856 g/mol. The summed E-state index contributed by atoms with van der Waals surface area (Å²) in [5.41, 5.74) is 22.5. The Morgan fingerprint density at radius 1 is 0.313 bits per heavy atom. The van der Waals surface area contributed by atoms with E-state index in [0.717, 1.165) is 17.1 Å². The molecule has 0 bridgehead atoms. The Labute approximate surface area is 393 Å². The third kappa shape index (κ3) is 5.37. The molecule has 10 aromatic carbocycles. The van der Waals surface area contributed by atoms with Gasteiger partial charge < -0.3 is 4.90 Å². The van der Waals surface area contributed by atoms with E-state index in [-0.39, 0.29) is 0 Å². The van der Waals surface area contributed by atoms with Crippen LogP contribution < -0.4 is 4.90 Å². The number of nitrogens with zero attached hydrogens (tertiary/aromatic N) is 1. The van der Waals surface area contributed by atoms with Crippen LogP contribution in [0.1, 0.15) is 88.1 Å². The summed E-state index contributed by atoms with van der Waals surface area (Å²) in [5, 5.41) is 2.68. The lowest BCUT2D eigenvalue weighted by atomic mass is 9.61. The molecule has 4 aliphatic carbocycles. The minimum Gasteiger partial charge on any atom is -0.310 e. The van der Waals surface area contributed by atoms with Crippen LogP contribution in [0, 0.1) is 0 Å². The van der Waals surface area contributed by atoms with E-state index in [2.05, 4.69) is 235 Å². The molecule has 1 nitrogen and oxygen atoms in total. The lowest BCUT2D eigenvalue weighted by Crippen LogP contribution is -2.32. The summed E-state index contributed by atoms with van der Waals surface area (Å²) in [4.78, 5) is 2.50. The number of anilines is 3. The van der Waals surface area contributed by atoms with E-state index in [1.54, 1.807) is 0 Å². The van der Waals surface area contributed by atoms with Gasteiger partial charge in [0.25, 0.3) is 0 Å². The fraction of sp³-hybridized carbons (Fsp3) is 0.121. The molecule has 318 valence electrons. The summed E-state index contributed by atoms with van der Waals surface area (Å²) in [6.07, 6.45) is 6.56. The molecule has 0 N–H and O–H groups in total. The molecule has 1 unspecified atom stereocenters. The lowest BCUT2D eigenvalue weighted by molar-refractivity contribution is 0.443. The van der Waals surface area contributed by atoms with E-state index >= 15 is 0 Å². The topological polar surface area (TPSA) is 3.24 Å². The number of rotatable bonds is 6. The molecular formula is C66H49N.